The second kappa shape index (κ2) is 7.10. The lowest BCUT2D eigenvalue weighted by molar-refractivity contribution is -0.122. The van der Waals surface area contributed by atoms with E-state index in [9.17, 15) is 4.79 Å². The van der Waals surface area contributed by atoms with Gasteiger partial charge in [-0.3, -0.25) is 14.4 Å². The van der Waals surface area contributed by atoms with Gasteiger partial charge in [-0.25, -0.2) is 4.98 Å². The van der Waals surface area contributed by atoms with Crippen LogP contribution in [-0.4, -0.2) is 51.5 Å². The molecule has 1 aromatic heterocycles. The molecule has 3 heterocycles. The summed E-state index contributed by atoms with van der Waals surface area (Å²) in [5, 5.41) is 7.14. The third-order valence-corrected chi connectivity index (χ3v) is 4.64. The molecule has 2 aliphatic rings. The zero-order valence-electron chi connectivity index (χ0n) is 13.9. The van der Waals surface area contributed by atoms with Crippen molar-refractivity contribution in [3.63, 3.8) is 0 Å². The fourth-order valence-electron chi connectivity index (χ4n) is 3.34. The van der Waals surface area contributed by atoms with Crippen molar-refractivity contribution < 1.29 is 14.3 Å². The van der Waals surface area contributed by atoms with Crippen LogP contribution in [0.25, 0.3) is 0 Å². The molecular weight excluding hydrogens is 322 g/mol. The third-order valence-electron chi connectivity index (χ3n) is 4.64. The lowest BCUT2D eigenvalue weighted by atomic mass is 10.2. The summed E-state index contributed by atoms with van der Waals surface area (Å²) in [7, 11) is 0. The van der Waals surface area contributed by atoms with E-state index < -0.39 is 0 Å². The first-order valence-electron chi connectivity index (χ1n) is 8.49. The van der Waals surface area contributed by atoms with Gasteiger partial charge in [0.1, 0.15) is 12.7 Å². The molecule has 0 radical (unpaired) electrons. The summed E-state index contributed by atoms with van der Waals surface area (Å²) >= 11 is 0. The molecule has 0 unspecified atom stereocenters. The summed E-state index contributed by atoms with van der Waals surface area (Å²) in [5.74, 6) is 1.52. The highest BCUT2D eigenvalue weighted by Crippen LogP contribution is 2.32. The number of carbonyl (C=O) groups is 1. The molecule has 0 spiro atoms. The van der Waals surface area contributed by atoms with Crippen LogP contribution in [0.3, 0.4) is 0 Å². The van der Waals surface area contributed by atoms with Gasteiger partial charge in [0.2, 0.25) is 12.7 Å². The van der Waals surface area contributed by atoms with Crippen LogP contribution < -0.4 is 14.8 Å². The minimum absolute atomic E-state index is 0.0307. The molecule has 132 valence electrons. The Bertz CT molecular complexity index is 734. The highest BCUT2D eigenvalue weighted by Gasteiger charge is 2.26. The number of aromatic nitrogens is 3. The van der Waals surface area contributed by atoms with Crippen molar-refractivity contribution in [1.82, 2.24) is 25.0 Å². The van der Waals surface area contributed by atoms with Crippen LogP contribution in [0, 0.1) is 0 Å². The van der Waals surface area contributed by atoms with Crippen molar-refractivity contribution in [3.8, 4) is 11.5 Å². The standard InChI is InChI=1S/C17H21N5O3/c23-17(19-7-13-3-4-15-16(6-13)25-12-24-15)9-21-5-1-2-14(21)8-22-11-18-10-20-22/h3-4,6,10-11,14H,1-2,5,7-9,12H2,(H,19,23)/t14-/m1/s1. The van der Waals surface area contributed by atoms with Crippen LogP contribution in [-0.2, 0) is 17.9 Å². The summed E-state index contributed by atoms with van der Waals surface area (Å²) in [6.45, 7) is 2.86. The number of likely N-dealkylation sites (tertiary alicyclic amines) is 1. The molecule has 1 fully saturated rings. The number of amides is 1. The molecule has 1 N–H and O–H groups in total. The van der Waals surface area contributed by atoms with Crippen molar-refractivity contribution >= 4 is 5.91 Å². The van der Waals surface area contributed by atoms with Crippen LogP contribution in [0.1, 0.15) is 18.4 Å². The van der Waals surface area contributed by atoms with E-state index in [-0.39, 0.29) is 12.7 Å². The minimum atomic E-state index is 0.0307. The Morgan fingerprint density at radius 1 is 1.32 bits per heavy atom. The number of fused-ring (bicyclic) bond motifs is 1. The predicted octanol–water partition coefficient (Wildman–Crippen LogP) is 0.788. The monoisotopic (exact) mass is 343 g/mol. The van der Waals surface area contributed by atoms with Gasteiger partial charge in [0.05, 0.1) is 13.1 Å². The SMILES string of the molecule is O=C(CN1CCC[C@@H]1Cn1cncn1)NCc1ccc2c(c1)OCO2. The van der Waals surface area contributed by atoms with E-state index in [1.165, 1.54) is 6.33 Å². The lowest BCUT2D eigenvalue weighted by Crippen LogP contribution is -2.41. The van der Waals surface area contributed by atoms with Gasteiger partial charge < -0.3 is 14.8 Å². The van der Waals surface area contributed by atoms with Crippen LogP contribution >= 0.6 is 0 Å². The average molecular weight is 343 g/mol. The first-order valence-corrected chi connectivity index (χ1v) is 8.49. The maximum Gasteiger partial charge on any atom is 0.234 e. The molecule has 1 amide bonds. The van der Waals surface area contributed by atoms with Gasteiger partial charge in [0.25, 0.3) is 0 Å². The number of hydrogen-bond donors (Lipinski definition) is 1. The van der Waals surface area contributed by atoms with E-state index in [1.54, 1.807) is 6.33 Å². The summed E-state index contributed by atoms with van der Waals surface area (Å²) < 4.78 is 12.5. The molecule has 0 saturated carbocycles. The molecule has 1 aromatic carbocycles. The summed E-state index contributed by atoms with van der Waals surface area (Å²) in [4.78, 5) is 18.5. The molecule has 8 nitrogen and oxygen atoms in total. The summed E-state index contributed by atoms with van der Waals surface area (Å²) in [6, 6.07) is 6.06. The zero-order valence-corrected chi connectivity index (χ0v) is 13.9. The maximum absolute atomic E-state index is 12.3. The molecule has 25 heavy (non-hydrogen) atoms. The molecular formula is C17H21N5O3. The molecule has 0 aliphatic carbocycles. The van der Waals surface area contributed by atoms with E-state index in [0.29, 0.717) is 19.1 Å². The van der Waals surface area contributed by atoms with Gasteiger partial charge in [0, 0.05) is 12.6 Å². The van der Waals surface area contributed by atoms with Crippen molar-refractivity contribution in [2.75, 3.05) is 19.9 Å². The number of nitrogens with zero attached hydrogens (tertiary/aromatic N) is 4. The Hall–Kier alpha value is -2.61. The van der Waals surface area contributed by atoms with Gasteiger partial charge in [-0.1, -0.05) is 6.07 Å². The summed E-state index contributed by atoms with van der Waals surface area (Å²) in [5.41, 5.74) is 0.998. The van der Waals surface area contributed by atoms with Crippen LogP contribution in [0.2, 0.25) is 0 Å². The van der Waals surface area contributed by atoms with Crippen LogP contribution in [0.5, 0.6) is 11.5 Å². The van der Waals surface area contributed by atoms with Gasteiger partial charge in [-0.05, 0) is 37.1 Å². The van der Waals surface area contributed by atoms with Crippen molar-refractivity contribution in [2.24, 2.45) is 0 Å². The van der Waals surface area contributed by atoms with E-state index in [0.717, 1.165) is 43.0 Å². The second-order valence-corrected chi connectivity index (χ2v) is 6.35. The Morgan fingerprint density at radius 3 is 3.12 bits per heavy atom. The number of benzene rings is 1. The lowest BCUT2D eigenvalue weighted by Gasteiger charge is -2.23. The molecule has 1 saturated heterocycles. The molecule has 1 atom stereocenters. The third kappa shape index (κ3) is 3.74. The molecule has 4 rings (SSSR count). The Labute approximate surface area is 145 Å². The molecule has 2 aliphatic heterocycles. The number of ether oxygens (including phenoxy) is 2. The summed E-state index contributed by atoms with van der Waals surface area (Å²) in [6.07, 6.45) is 5.44. The van der Waals surface area contributed by atoms with Crippen LogP contribution in [0.4, 0.5) is 0 Å². The largest absolute Gasteiger partial charge is 0.454 e. The van der Waals surface area contributed by atoms with E-state index in [2.05, 4.69) is 20.3 Å². The number of carbonyl (C=O) groups excluding carboxylic acids is 1. The smallest absolute Gasteiger partial charge is 0.234 e. The fraction of sp³-hybridized carbons (Fsp3) is 0.471. The number of hydrogen-bond acceptors (Lipinski definition) is 6. The Morgan fingerprint density at radius 2 is 2.24 bits per heavy atom. The number of rotatable bonds is 6. The molecule has 8 heteroatoms. The number of nitrogens with one attached hydrogen (secondary N) is 1. The van der Waals surface area contributed by atoms with Gasteiger partial charge >= 0.3 is 0 Å². The first kappa shape index (κ1) is 15.9. The van der Waals surface area contributed by atoms with E-state index in [4.69, 9.17) is 9.47 Å². The maximum atomic E-state index is 12.3. The highest BCUT2D eigenvalue weighted by molar-refractivity contribution is 5.78. The van der Waals surface area contributed by atoms with Gasteiger partial charge in [-0.15, -0.1) is 0 Å². The first-order chi connectivity index (χ1) is 12.3. The zero-order chi connectivity index (χ0) is 17.1. The van der Waals surface area contributed by atoms with Crippen molar-refractivity contribution in [2.45, 2.75) is 32.0 Å². The quantitative estimate of drug-likeness (QED) is 0.835. The van der Waals surface area contributed by atoms with E-state index >= 15 is 0 Å². The highest BCUT2D eigenvalue weighted by atomic mass is 16.7. The average Bonchev–Trinajstić information content (AvgIpc) is 3.35. The Kier molecular flexibility index (Phi) is 4.51. The fourth-order valence-corrected chi connectivity index (χ4v) is 3.34. The predicted molar refractivity (Wildman–Crippen MR) is 89.0 cm³/mol. The topological polar surface area (TPSA) is 81.5 Å². The van der Waals surface area contributed by atoms with Crippen molar-refractivity contribution in [3.05, 3.63) is 36.4 Å². The van der Waals surface area contributed by atoms with Crippen molar-refractivity contribution in [1.29, 1.82) is 0 Å². The molecule has 2 aromatic rings. The van der Waals surface area contributed by atoms with Crippen LogP contribution in [0.15, 0.2) is 30.9 Å². The van der Waals surface area contributed by atoms with E-state index in [1.807, 2.05) is 22.9 Å². The minimum Gasteiger partial charge on any atom is -0.454 e. The molecule has 0 bridgehead atoms. The second-order valence-electron chi connectivity index (χ2n) is 6.35. The van der Waals surface area contributed by atoms with Gasteiger partial charge in [-0.2, -0.15) is 5.10 Å². The normalized spacial score (nSPS) is 19.3. The van der Waals surface area contributed by atoms with Gasteiger partial charge in [0.15, 0.2) is 11.5 Å². The Balaban J connectivity index is 1.28.